The average molecular weight is 329 g/mol. The highest BCUT2D eigenvalue weighted by Crippen LogP contribution is 2.43. The van der Waals surface area contributed by atoms with Crippen molar-refractivity contribution in [3.05, 3.63) is 33.6 Å². The number of phenolic OH excluding ortho intramolecular Hbond substituents is 1. The molecule has 1 aliphatic heterocycles. The van der Waals surface area contributed by atoms with E-state index in [0.717, 1.165) is 13.0 Å². The predicted octanol–water partition coefficient (Wildman–Crippen LogP) is 2.87. The Kier molecular flexibility index (Phi) is 3.93. The van der Waals surface area contributed by atoms with Crippen molar-refractivity contribution in [2.45, 2.75) is 24.8 Å². The molecule has 0 aliphatic carbocycles. The third-order valence-corrected chi connectivity index (χ3v) is 4.49. The summed E-state index contributed by atoms with van der Waals surface area (Å²) in [5, 5.41) is 21.8. The zero-order valence-electron chi connectivity index (χ0n) is 11.0. The van der Waals surface area contributed by atoms with Gasteiger partial charge in [-0.1, -0.05) is 28.3 Å². The van der Waals surface area contributed by atoms with Crippen molar-refractivity contribution < 1.29 is 9.52 Å². The third-order valence-electron chi connectivity index (χ3n) is 3.68. The van der Waals surface area contributed by atoms with Crippen LogP contribution < -0.4 is 11.1 Å². The molecule has 21 heavy (non-hydrogen) atoms. The second-order valence-electron chi connectivity index (χ2n) is 5.00. The first-order chi connectivity index (χ1) is 10.1. The molecule has 4 N–H and O–H groups in total. The number of halogens is 2. The van der Waals surface area contributed by atoms with Crippen LogP contribution in [0.4, 0.5) is 6.01 Å². The van der Waals surface area contributed by atoms with Crippen molar-refractivity contribution in [1.82, 2.24) is 15.5 Å². The van der Waals surface area contributed by atoms with E-state index in [2.05, 4.69) is 15.5 Å². The van der Waals surface area contributed by atoms with E-state index in [1.54, 1.807) is 12.1 Å². The molecule has 0 spiro atoms. The Morgan fingerprint density at radius 1 is 1.33 bits per heavy atom. The van der Waals surface area contributed by atoms with Crippen molar-refractivity contribution in [3.63, 3.8) is 0 Å². The standard InChI is InChI=1S/C13H14Cl2N4O2/c14-7-1-2-9(20)10(11(7)15)6-3-4-17-8(5-6)12-18-19-13(16)21-12/h1-2,6,8,17,20H,3-5H2,(H2,16,19). The highest BCUT2D eigenvalue weighted by Gasteiger charge is 2.30. The minimum atomic E-state index is -0.122. The van der Waals surface area contributed by atoms with Gasteiger partial charge in [0.15, 0.2) is 0 Å². The fourth-order valence-corrected chi connectivity index (χ4v) is 3.18. The van der Waals surface area contributed by atoms with Gasteiger partial charge in [0.1, 0.15) is 5.75 Å². The quantitative estimate of drug-likeness (QED) is 0.784. The molecule has 0 amide bonds. The van der Waals surface area contributed by atoms with Crippen molar-refractivity contribution in [3.8, 4) is 5.75 Å². The number of benzene rings is 1. The maximum Gasteiger partial charge on any atom is 0.312 e. The van der Waals surface area contributed by atoms with Crippen LogP contribution in [0.3, 0.4) is 0 Å². The van der Waals surface area contributed by atoms with Crippen LogP contribution in [-0.4, -0.2) is 21.8 Å². The van der Waals surface area contributed by atoms with Crippen molar-refractivity contribution >= 4 is 29.2 Å². The van der Waals surface area contributed by atoms with Gasteiger partial charge in [0.25, 0.3) is 0 Å². The number of phenols is 1. The largest absolute Gasteiger partial charge is 0.508 e. The fourth-order valence-electron chi connectivity index (χ4n) is 2.70. The Balaban J connectivity index is 1.88. The van der Waals surface area contributed by atoms with Gasteiger partial charge in [-0.3, -0.25) is 0 Å². The van der Waals surface area contributed by atoms with Gasteiger partial charge in [0, 0.05) is 5.56 Å². The van der Waals surface area contributed by atoms with Crippen LogP contribution in [0.15, 0.2) is 16.5 Å². The van der Waals surface area contributed by atoms with Gasteiger partial charge in [-0.25, -0.2) is 0 Å². The van der Waals surface area contributed by atoms with E-state index in [1.807, 2.05) is 0 Å². The maximum absolute atomic E-state index is 10.1. The molecule has 2 atom stereocenters. The number of nitrogens with two attached hydrogens (primary N) is 1. The average Bonchev–Trinajstić information content (AvgIpc) is 2.90. The second kappa shape index (κ2) is 5.71. The van der Waals surface area contributed by atoms with Crippen LogP contribution in [0.2, 0.25) is 10.0 Å². The molecule has 2 aromatic rings. The van der Waals surface area contributed by atoms with E-state index in [-0.39, 0.29) is 23.7 Å². The third kappa shape index (κ3) is 2.79. The van der Waals surface area contributed by atoms with E-state index in [4.69, 9.17) is 33.4 Å². The van der Waals surface area contributed by atoms with Crippen LogP contribution in [0.1, 0.15) is 36.3 Å². The summed E-state index contributed by atoms with van der Waals surface area (Å²) in [7, 11) is 0. The Labute approximate surface area is 131 Å². The number of nitrogens with one attached hydrogen (secondary N) is 1. The number of aromatic hydroxyl groups is 1. The van der Waals surface area contributed by atoms with Crippen molar-refractivity contribution in [2.75, 3.05) is 12.3 Å². The first-order valence-corrected chi connectivity index (χ1v) is 7.31. The van der Waals surface area contributed by atoms with Gasteiger partial charge in [-0.15, -0.1) is 5.10 Å². The smallest absolute Gasteiger partial charge is 0.312 e. The van der Waals surface area contributed by atoms with E-state index in [0.29, 0.717) is 27.9 Å². The number of nitrogen functional groups attached to an aromatic ring is 1. The monoisotopic (exact) mass is 328 g/mol. The molecular weight excluding hydrogens is 315 g/mol. The second-order valence-corrected chi connectivity index (χ2v) is 5.79. The lowest BCUT2D eigenvalue weighted by atomic mass is 9.86. The Morgan fingerprint density at radius 2 is 2.14 bits per heavy atom. The van der Waals surface area contributed by atoms with E-state index in [1.165, 1.54) is 0 Å². The zero-order chi connectivity index (χ0) is 15.0. The molecule has 1 aromatic heterocycles. The first kappa shape index (κ1) is 14.4. The topological polar surface area (TPSA) is 97.2 Å². The van der Waals surface area contributed by atoms with Gasteiger partial charge in [-0.05, 0) is 37.4 Å². The molecule has 0 bridgehead atoms. The highest BCUT2D eigenvalue weighted by atomic mass is 35.5. The summed E-state index contributed by atoms with van der Waals surface area (Å²) < 4.78 is 5.26. The van der Waals surface area contributed by atoms with E-state index >= 15 is 0 Å². The van der Waals surface area contributed by atoms with Crippen LogP contribution in [0.25, 0.3) is 0 Å². The lowest BCUT2D eigenvalue weighted by molar-refractivity contribution is 0.312. The summed E-state index contributed by atoms with van der Waals surface area (Å²) >= 11 is 12.3. The van der Waals surface area contributed by atoms with Crippen molar-refractivity contribution in [1.29, 1.82) is 0 Å². The molecule has 1 saturated heterocycles. The summed E-state index contributed by atoms with van der Waals surface area (Å²) in [5.41, 5.74) is 6.12. The fraction of sp³-hybridized carbons (Fsp3) is 0.385. The summed E-state index contributed by atoms with van der Waals surface area (Å²) in [6.07, 6.45) is 1.49. The Morgan fingerprint density at radius 3 is 2.86 bits per heavy atom. The lowest BCUT2D eigenvalue weighted by Crippen LogP contribution is -2.31. The molecule has 0 saturated carbocycles. The Hall–Kier alpha value is -1.50. The summed E-state index contributed by atoms with van der Waals surface area (Å²) in [4.78, 5) is 0. The molecule has 2 heterocycles. The van der Waals surface area contributed by atoms with Crippen LogP contribution in [0, 0.1) is 0 Å². The molecule has 1 aliphatic rings. The lowest BCUT2D eigenvalue weighted by Gasteiger charge is -2.29. The zero-order valence-corrected chi connectivity index (χ0v) is 12.5. The normalized spacial score (nSPS) is 22.4. The van der Waals surface area contributed by atoms with Crippen LogP contribution >= 0.6 is 23.2 Å². The van der Waals surface area contributed by atoms with Gasteiger partial charge >= 0.3 is 6.01 Å². The minimum Gasteiger partial charge on any atom is -0.508 e. The number of rotatable bonds is 2. The van der Waals surface area contributed by atoms with Gasteiger partial charge in [-0.2, -0.15) is 0 Å². The minimum absolute atomic E-state index is 0.0394. The van der Waals surface area contributed by atoms with E-state index in [9.17, 15) is 5.11 Å². The van der Waals surface area contributed by atoms with Crippen LogP contribution in [-0.2, 0) is 0 Å². The maximum atomic E-state index is 10.1. The molecule has 3 rings (SSSR count). The number of hydrogen-bond donors (Lipinski definition) is 3. The summed E-state index contributed by atoms with van der Waals surface area (Å²) in [6.45, 7) is 0.736. The van der Waals surface area contributed by atoms with Crippen molar-refractivity contribution in [2.24, 2.45) is 0 Å². The molecule has 1 fully saturated rings. The molecule has 8 heteroatoms. The van der Waals surface area contributed by atoms with Crippen LogP contribution in [0.5, 0.6) is 5.75 Å². The SMILES string of the molecule is Nc1nnc(C2CC(c3c(O)ccc(Cl)c3Cl)CCN2)o1. The summed E-state index contributed by atoms with van der Waals surface area (Å²) in [6, 6.07) is 3.06. The molecule has 112 valence electrons. The first-order valence-electron chi connectivity index (χ1n) is 6.55. The predicted molar refractivity (Wildman–Crippen MR) is 79.6 cm³/mol. The summed E-state index contributed by atoms with van der Waals surface area (Å²) in [5.74, 6) is 0.644. The van der Waals surface area contributed by atoms with Gasteiger partial charge in [0.2, 0.25) is 5.89 Å². The number of hydrogen-bond acceptors (Lipinski definition) is 6. The molecule has 1 aromatic carbocycles. The number of nitrogens with zero attached hydrogens (tertiary/aromatic N) is 2. The number of aromatic nitrogens is 2. The number of piperidine rings is 1. The molecular formula is C13H14Cl2N4O2. The Bertz CT molecular complexity index is 662. The molecule has 6 nitrogen and oxygen atoms in total. The molecule has 0 radical (unpaired) electrons. The van der Waals surface area contributed by atoms with Gasteiger partial charge < -0.3 is 20.6 Å². The number of anilines is 1. The molecule has 2 unspecified atom stereocenters. The van der Waals surface area contributed by atoms with E-state index < -0.39 is 0 Å². The van der Waals surface area contributed by atoms with Gasteiger partial charge in [0.05, 0.1) is 16.1 Å². The highest BCUT2D eigenvalue weighted by molar-refractivity contribution is 6.42.